The Balaban J connectivity index is 1.84. The zero-order valence-corrected chi connectivity index (χ0v) is 10.7. The number of fused-ring (bicyclic) bond motifs is 1. The van der Waals surface area contributed by atoms with Crippen LogP contribution in [0, 0.1) is 0 Å². The van der Waals surface area contributed by atoms with Crippen LogP contribution in [0.2, 0.25) is 0 Å². The molecular weight excluding hydrogens is 248 g/mol. The van der Waals surface area contributed by atoms with Crippen molar-refractivity contribution < 1.29 is 4.74 Å². The largest absolute Gasteiger partial charge is 0.373 e. The zero-order valence-electron chi connectivity index (χ0n) is 10.7. The number of morpholine rings is 1. The van der Waals surface area contributed by atoms with Crippen molar-refractivity contribution in [2.75, 3.05) is 38.2 Å². The molecule has 0 aromatic carbocycles. The number of nitrogens with zero attached hydrogens (tertiary/aromatic N) is 4. The van der Waals surface area contributed by atoms with Gasteiger partial charge in [-0.15, -0.1) is 0 Å². The summed E-state index contributed by atoms with van der Waals surface area (Å²) in [7, 11) is 1.91. The second-order valence-electron chi connectivity index (χ2n) is 4.50. The maximum Gasteiger partial charge on any atom is 0.348 e. The highest BCUT2D eigenvalue weighted by molar-refractivity contribution is 5.50. The first kappa shape index (κ1) is 12.1. The number of anilines is 1. The third-order valence-electron chi connectivity index (χ3n) is 3.19. The number of H-pyrrole nitrogens is 1. The summed E-state index contributed by atoms with van der Waals surface area (Å²) in [6.45, 7) is 3.05. The fraction of sp³-hybridized carbons (Fsp3) is 0.545. The SMILES string of the molecule is CNCC1CN(c2cc3n[nH]c(=O)n3cn2)CCO1. The van der Waals surface area contributed by atoms with Crippen LogP contribution < -0.4 is 15.9 Å². The molecule has 102 valence electrons. The number of hydrogen-bond acceptors (Lipinski definition) is 6. The summed E-state index contributed by atoms with van der Waals surface area (Å²) in [6, 6.07) is 1.81. The summed E-state index contributed by atoms with van der Waals surface area (Å²) in [4.78, 5) is 17.8. The van der Waals surface area contributed by atoms with Gasteiger partial charge in [-0.05, 0) is 7.05 Å². The van der Waals surface area contributed by atoms with Crippen LogP contribution in [0.4, 0.5) is 5.82 Å². The van der Waals surface area contributed by atoms with E-state index >= 15 is 0 Å². The number of aromatic nitrogens is 4. The van der Waals surface area contributed by atoms with E-state index in [1.165, 1.54) is 10.7 Å². The molecule has 3 heterocycles. The van der Waals surface area contributed by atoms with Crippen LogP contribution in [-0.4, -0.2) is 59.0 Å². The minimum atomic E-state index is -0.274. The summed E-state index contributed by atoms with van der Waals surface area (Å²) in [5.74, 6) is 0.816. The van der Waals surface area contributed by atoms with Crippen LogP contribution in [0.3, 0.4) is 0 Å². The van der Waals surface area contributed by atoms with Crippen LogP contribution in [-0.2, 0) is 4.74 Å². The molecule has 2 aromatic rings. The third kappa shape index (κ3) is 2.32. The monoisotopic (exact) mass is 264 g/mol. The van der Waals surface area contributed by atoms with Crippen LogP contribution >= 0.6 is 0 Å². The molecule has 1 saturated heterocycles. The van der Waals surface area contributed by atoms with Gasteiger partial charge in [0.15, 0.2) is 5.65 Å². The van der Waals surface area contributed by atoms with E-state index in [9.17, 15) is 4.79 Å². The van der Waals surface area contributed by atoms with E-state index < -0.39 is 0 Å². The van der Waals surface area contributed by atoms with Gasteiger partial charge in [0.25, 0.3) is 0 Å². The number of hydrogen-bond donors (Lipinski definition) is 2. The van der Waals surface area contributed by atoms with Gasteiger partial charge in [0.05, 0.1) is 12.7 Å². The second kappa shape index (κ2) is 4.98. The van der Waals surface area contributed by atoms with E-state index in [-0.39, 0.29) is 11.8 Å². The van der Waals surface area contributed by atoms with Gasteiger partial charge in [-0.2, -0.15) is 5.10 Å². The second-order valence-corrected chi connectivity index (χ2v) is 4.50. The molecule has 2 N–H and O–H groups in total. The Kier molecular flexibility index (Phi) is 3.18. The quantitative estimate of drug-likeness (QED) is 0.727. The van der Waals surface area contributed by atoms with E-state index in [2.05, 4.69) is 25.4 Å². The predicted molar refractivity (Wildman–Crippen MR) is 69.5 cm³/mol. The van der Waals surface area contributed by atoms with Crippen molar-refractivity contribution in [1.82, 2.24) is 24.9 Å². The molecule has 0 radical (unpaired) electrons. The van der Waals surface area contributed by atoms with Gasteiger partial charge in [-0.1, -0.05) is 0 Å². The number of nitrogens with one attached hydrogen (secondary N) is 2. The zero-order chi connectivity index (χ0) is 13.2. The Morgan fingerprint density at radius 2 is 2.53 bits per heavy atom. The van der Waals surface area contributed by atoms with Gasteiger partial charge >= 0.3 is 5.69 Å². The standard InChI is InChI=1S/C11H16N6O2/c1-12-5-8-6-16(2-3-19-8)9-4-10-14-15-11(18)17(10)7-13-9/h4,7-8,12H,2-3,5-6H2,1H3,(H,15,18). The Morgan fingerprint density at radius 3 is 3.37 bits per heavy atom. The van der Waals surface area contributed by atoms with E-state index in [1.54, 1.807) is 6.07 Å². The minimum Gasteiger partial charge on any atom is -0.373 e. The van der Waals surface area contributed by atoms with Gasteiger partial charge in [0.2, 0.25) is 0 Å². The lowest BCUT2D eigenvalue weighted by atomic mass is 10.2. The Hall–Kier alpha value is -1.93. The van der Waals surface area contributed by atoms with E-state index in [0.29, 0.717) is 12.3 Å². The molecule has 1 aliphatic rings. The fourth-order valence-corrected chi connectivity index (χ4v) is 2.25. The fourth-order valence-electron chi connectivity index (χ4n) is 2.25. The molecule has 8 nitrogen and oxygen atoms in total. The van der Waals surface area contributed by atoms with Crippen LogP contribution in [0.1, 0.15) is 0 Å². The lowest BCUT2D eigenvalue weighted by Crippen LogP contribution is -2.46. The van der Waals surface area contributed by atoms with Gasteiger partial charge in [-0.25, -0.2) is 19.3 Å². The molecule has 1 fully saturated rings. The van der Waals surface area contributed by atoms with Gasteiger partial charge in [0, 0.05) is 25.7 Å². The highest BCUT2D eigenvalue weighted by atomic mass is 16.5. The van der Waals surface area contributed by atoms with E-state index in [0.717, 1.165) is 25.5 Å². The first-order chi connectivity index (χ1) is 9.28. The van der Waals surface area contributed by atoms with E-state index in [4.69, 9.17) is 4.74 Å². The molecule has 0 bridgehead atoms. The maximum absolute atomic E-state index is 11.4. The Labute approximate surface area is 109 Å². The first-order valence-corrected chi connectivity index (χ1v) is 6.22. The van der Waals surface area contributed by atoms with Gasteiger partial charge in [-0.3, -0.25) is 0 Å². The molecule has 0 aliphatic carbocycles. The normalized spacial score (nSPS) is 20.1. The van der Waals surface area contributed by atoms with Crippen LogP contribution in [0.15, 0.2) is 17.2 Å². The maximum atomic E-state index is 11.4. The first-order valence-electron chi connectivity index (χ1n) is 6.22. The summed E-state index contributed by atoms with van der Waals surface area (Å²) in [5, 5.41) is 9.45. The number of rotatable bonds is 3. The molecule has 0 saturated carbocycles. The highest BCUT2D eigenvalue weighted by Crippen LogP contribution is 2.15. The van der Waals surface area contributed by atoms with Crippen LogP contribution in [0.25, 0.3) is 5.65 Å². The molecule has 0 amide bonds. The lowest BCUT2D eigenvalue weighted by Gasteiger charge is -2.33. The molecule has 1 aliphatic heterocycles. The van der Waals surface area contributed by atoms with Crippen LogP contribution in [0.5, 0.6) is 0 Å². The summed E-state index contributed by atoms with van der Waals surface area (Å²) in [6.07, 6.45) is 1.65. The van der Waals surface area contributed by atoms with Crippen molar-refractivity contribution in [3.63, 3.8) is 0 Å². The molecule has 1 atom stereocenters. The van der Waals surface area contributed by atoms with Crippen molar-refractivity contribution >= 4 is 11.5 Å². The van der Waals surface area contributed by atoms with Crippen molar-refractivity contribution in [2.45, 2.75) is 6.10 Å². The number of aromatic amines is 1. The van der Waals surface area contributed by atoms with E-state index in [1.807, 2.05) is 7.05 Å². The number of likely N-dealkylation sites (N-methyl/N-ethyl adjacent to an activating group) is 1. The lowest BCUT2D eigenvalue weighted by molar-refractivity contribution is 0.0419. The molecular formula is C11H16N6O2. The smallest absolute Gasteiger partial charge is 0.348 e. The molecule has 0 spiro atoms. The highest BCUT2D eigenvalue weighted by Gasteiger charge is 2.21. The van der Waals surface area contributed by atoms with Gasteiger partial charge < -0.3 is 15.0 Å². The predicted octanol–water partition coefficient (Wildman–Crippen LogP) is -1.16. The minimum absolute atomic E-state index is 0.151. The van der Waals surface area contributed by atoms with Gasteiger partial charge in [0.1, 0.15) is 12.1 Å². The van der Waals surface area contributed by atoms with Crippen molar-refractivity contribution in [3.8, 4) is 0 Å². The molecule has 19 heavy (non-hydrogen) atoms. The average molecular weight is 264 g/mol. The third-order valence-corrected chi connectivity index (χ3v) is 3.19. The summed E-state index contributed by atoms with van der Waals surface area (Å²) >= 11 is 0. The van der Waals surface area contributed by atoms with Crippen molar-refractivity contribution in [3.05, 3.63) is 22.9 Å². The summed E-state index contributed by atoms with van der Waals surface area (Å²) in [5.41, 5.74) is 0.302. The molecule has 8 heteroatoms. The Morgan fingerprint density at radius 1 is 1.63 bits per heavy atom. The topological polar surface area (TPSA) is 87.6 Å². The molecule has 3 rings (SSSR count). The Bertz CT molecular complexity index is 619. The summed E-state index contributed by atoms with van der Waals surface area (Å²) < 4.78 is 7.04. The van der Waals surface area contributed by atoms with Crippen molar-refractivity contribution in [1.29, 1.82) is 0 Å². The molecule has 1 unspecified atom stereocenters. The average Bonchev–Trinajstić information content (AvgIpc) is 2.81. The molecule has 2 aromatic heterocycles. The number of ether oxygens (including phenoxy) is 1. The van der Waals surface area contributed by atoms with Crippen molar-refractivity contribution in [2.24, 2.45) is 0 Å².